The van der Waals surface area contributed by atoms with Crippen molar-refractivity contribution in [3.8, 4) is 11.5 Å². The number of rotatable bonds is 4. The Hall–Kier alpha value is -2.44. The van der Waals surface area contributed by atoms with Crippen LogP contribution in [-0.2, 0) is 4.79 Å². The Morgan fingerprint density at radius 3 is 2.72 bits per heavy atom. The van der Waals surface area contributed by atoms with E-state index in [2.05, 4.69) is 15.5 Å². The van der Waals surface area contributed by atoms with Crippen molar-refractivity contribution in [3.63, 3.8) is 0 Å². The number of anilines is 1. The Labute approximate surface area is 145 Å². The summed E-state index contributed by atoms with van der Waals surface area (Å²) in [5.41, 5.74) is 1.05. The van der Waals surface area contributed by atoms with E-state index >= 15 is 0 Å². The minimum atomic E-state index is -0.450. The maximum Gasteiger partial charge on any atom is 0.316 e. The third kappa shape index (κ3) is 3.36. The summed E-state index contributed by atoms with van der Waals surface area (Å²) in [7, 11) is 0. The number of likely N-dealkylation sites (tertiary alicyclic amines) is 1. The maximum atomic E-state index is 13.3. The van der Waals surface area contributed by atoms with Gasteiger partial charge < -0.3 is 14.6 Å². The molecule has 1 N–H and O–H groups in total. The normalized spacial score (nSPS) is 19.7. The molecular weight excluding hydrogens is 323 g/mol. The molecule has 6 nitrogen and oxygen atoms in total. The van der Waals surface area contributed by atoms with Crippen LogP contribution in [0.5, 0.6) is 0 Å². The van der Waals surface area contributed by atoms with Gasteiger partial charge in [0.25, 0.3) is 0 Å². The predicted molar refractivity (Wildman–Crippen MR) is 90.3 cm³/mol. The molecule has 0 bridgehead atoms. The molecule has 1 amide bonds. The van der Waals surface area contributed by atoms with E-state index in [0.29, 0.717) is 11.0 Å². The van der Waals surface area contributed by atoms with Gasteiger partial charge >= 0.3 is 6.01 Å². The summed E-state index contributed by atoms with van der Waals surface area (Å²) in [6.07, 6.45) is 4.84. The van der Waals surface area contributed by atoms with Crippen LogP contribution in [0.25, 0.3) is 11.5 Å². The third-order valence-electron chi connectivity index (χ3n) is 5.30. The van der Waals surface area contributed by atoms with Crippen molar-refractivity contribution in [2.75, 3.05) is 18.4 Å². The van der Waals surface area contributed by atoms with Gasteiger partial charge in [-0.25, -0.2) is 4.39 Å². The van der Waals surface area contributed by atoms with Crippen LogP contribution in [0.15, 0.2) is 28.7 Å². The highest BCUT2D eigenvalue weighted by atomic mass is 19.1. The second kappa shape index (κ2) is 6.13. The largest absolute Gasteiger partial charge is 0.403 e. The van der Waals surface area contributed by atoms with Crippen LogP contribution in [-0.4, -0.2) is 40.1 Å². The molecule has 7 heteroatoms. The fourth-order valence-electron chi connectivity index (χ4n) is 3.42. The highest BCUT2D eigenvalue weighted by Gasteiger charge is 2.45. The number of halogens is 1. The molecule has 1 saturated carbocycles. The van der Waals surface area contributed by atoms with E-state index in [1.807, 2.05) is 4.90 Å². The zero-order valence-electron chi connectivity index (χ0n) is 14.2. The monoisotopic (exact) mass is 344 g/mol. The topological polar surface area (TPSA) is 71.3 Å². The molecule has 2 aliphatic rings. The summed E-state index contributed by atoms with van der Waals surface area (Å²) in [5, 5.41) is 10.8. The summed E-state index contributed by atoms with van der Waals surface area (Å²) >= 11 is 0. The second-order valence-corrected chi connectivity index (χ2v) is 7.11. The SMILES string of the molecule is C[C@@H](Nc1nnc(-c2cccc(F)c2)o1)C(=O)N1CCC2(CC1)CC2. The van der Waals surface area contributed by atoms with Gasteiger partial charge in [0.05, 0.1) is 0 Å². The Kier molecular flexibility index (Phi) is 3.94. The van der Waals surface area contributed by atoms with Crippen molar-refractivity contribution in [2.45, 2.75) is 38.6 Å². The molecule has 1 aliphatic carbocycles. The molecule has 1 aromatic heterocycles. The lowest BCUT2D eigenvalue weighted by Gasteiger charge is -2.33. The lowest BCUT2D eigenvalue weighted by molar-refractivity contribution is -0.133. The van der Waals surface area contributed by atoms with Crippen LogP contribution >= 0.6 is 0 Å². The van der Waals surface area contributed by atoms with E-state index in [4.69, 9.17) is 4.42 Å². The Bertz CT molecular complexity index is 777. The number of hydrogen-bond donors (Lipinski definition) is 1. The smallest absolute Gasteiger partial charge is 0.316 e. The van der Waals surface area contributed by atoms with Crippen LogP contribution in [0.2, 0.25) is 0 Å². The van der Waals surface area contributed by atoms with Crippen LogP contribution in [0.1, 0.15) is 32.6 Å². The van der Waals surface area contributed by atoms with Crippen molar-refractivity contribution in [3.05, 3.63) is 30.1 Å². The number of amides is 1. The van der Waals surface area contributed by atoms with Gasteiger partial charge in [-0.2, -0.15) is 0 Å². The molecule has 1 aromatic carbocycles. The van der Waals surface area contributed by atoms with E-state index in [1.54, 1.807) is 19.1 Å². The number of nitrogens with zero attached hydrogens (tertiary/aromatic N) is 3. The van der Waals surface area contributed by atoms with Gasteiger partial charge in [-0.1, -0.05) is 11.2 Å². The fourth-order valence-corrected chi connectivity index (χ4v) is 3.42. The highest BCUT2D eigenvalue weighted by Crippen LogP contribution is 2.53. The van der Waals surface area contributed by atoms with Crippen LogP contribution in [0.3, 0.4) is 0 Å². The molecular formula is C18H21FN4O2. The molecule has 1 saturated heterocycles. The van der Waals surface area contributed by atoms with Gasteiger partial charge in [-0.3, -0.25) is 4.79 Å². The average Bonchev–Trinajstić information content (AvgIpc) is 3.19. The minimum absolute atomic E-state index is 0.0426. The first-order valence-corrected chi connectivity index (χ1v) is 8.69. The molecule has 1 atom stereocenters. The van der Waals surface area contributed by atoms with Gasteiger partial charge in [-0.05, 0) is 56.2 Å². The number of benzene rings is 1. The lowest BCUT2D eigenvalue weighted by Crippen LogP contribution is -2.45. The molecule has 132 valence electrons. The van der Waals surface area contributed by atoms with Crippen molar-refractivity contribution in [2.24, 2.45) is 5.41 Å². The zero-order valence-corrected chi connectivity index (χ0v) is 14.2. The number of piperidine rings is 1. The zero-order chi connectivity index (χ0) is 17.4. The highest BCUT2D eigenvalue weighted by molar-refractivity contribution is 5.83. The Morgan fingerprint density at radius 1 is 1.28 bits per heavy atom. The van der Waals surface area contributed by atoms with E-state index in [9.17, 15) is 9.18 Å². The number of aromatic nitrogens is 2. The number of hydrogen-bond acceptors (Lipinski definition) is 5. The van der Waals surface area contributed by atoms with Crippen molar-refractivity contribution in [1.29, 1.82) is 0 Å². The van der Waals surface area contributed by atoms with Gasteiger partial charge in [0.2, 0.25) is 11.8 Å². The Balaban J connectivity index is 1.37. The molecule has 2 heterocycles. The quantitative estimate of drug-likeness (QED) is 0.923. The van der Waals surface area contributed by atoms with E-state index < -0.39 is 6.04 Å². The van der Waals surface area contributed by atoms with E-state index in [-0.39, 0.29) is 23.6 Å². The second-order valence-electron chi connectivity index (χ2n) is 7.11. The van der Waals surface area contributed by atoms with Gasteiger partial charge in [0, 0.05) is 18.7 Å². The summed E-state index contributed by atoms with van der Waals surface area (Å²) in [5.74, 6) is -0.108. The summed E-state index contributed by atoms with van der Waals surface area (Å²) in [6.45, 7) is 3.43. The van der Waals surface area contributed by atoms with E-state index in [0.717, 1.165) is 25.9 Å². The molecule has 0 radical (unpaired) electrons. The molecule has 1 aliphatic heterocycles. The lowest BCUT2D eigenvalue weighted by atomic mass is 9.93. The number of carbonyl (C=O) groups is 1. The number of carbonyl (C=O) groups excluding carboxylic acids is 1. The third-order valence-corrected chi connectivity index (χ3v) is 5.30. The van der Waals surface area contributed by atoms with Crippen LogP contribution in [0.4, 0.5) is 10.4 Å². The van der Waals surface area contributed by atoms with Crippen LogP contribution < -0.4 is 5.32 Å². The Morgan fingerprint density at radius 2 is 2.04 bits per heavy atom. The van der Waals surface area contributed by atoms with Crippen molar-refractivity contribution < 1.29 is 13.6 Å². The number of nitrogens with one attached hydrogen (secondary N) is 1. The van der Waals surface area contributed by atoms with Gasteiger partial charge in [-0.15, -0.1) is 5.10 Å². The standard InChI is InChI=1S/C18H21FN4O2/c1-12(16(24)23-9-7-18(5-6-18)8-10-23)20-17-22-21-15(25-17)13-3-2-4-14(19)11-13/h2-4,11-12H,5-10H2,1H3,(H,20,22)/t12-/m1/s1. The molecule has 2 fully saturated rings. The van der Waals surface area contributed by atoms with Crippen LogP contribution in [0, 0.1) is 11.2 Å². The summed E-state index contributed by atoms with van der Waals surface area (Å²) in [6, 6.07) is 5.66. The van der Waals surface area contributed by atoms with Gasteiger partial charge in [0.1, 0.15) is 11.9 Å². The first-order valence-electron chi connectivity index (χ1n) is 8.69. The molecule has 0 unspecified atom stereocenters. The molecule has 25 heavy (non-hydrogen) atoms. The predicted octanol–water partition coefficient (Wildman–Crippen LogP) is 3.08. The van der Waals surface area contributed by atoms with E-state index in [1.165, 1.54) is 25.0 Å². The fraction of sp³-hybridized carbons (Fsp3) is 0.500. The maximum absolute atomic E-state index is 13.3. The first kappa shape index (κ1) is 16.1. The van der Waals surface area contributed by atoms with Gasteiger partial charge in [0.15, 0.2) is 0 Å². The van der Waals surface area contributed by atoms with Crippen molar-refractivity contribution in [1.82, 2.24) is 15.1 Å². The van der Waals surface area contributed by atoms with Crippen molar-refractivity contribution >= 4 is 11.9 Å². The first-order chi connectivity index (χ1) is 12.0. The minimum Gasteiger partial charge on any atom is -0.403 e. The summed E-state index contributed by atoms with van der Waals surface area (Å²) in [4.78, 5) is 14.5. The molecule has 1 spiro atoms. The molecule has 2 aromatic rings. The molecule has 4 rings (SSSR count). The summed E-state index contributed by atoms with van der Waals surface area (Å²) < 4.78 is 18.8. The average molecular weight is 344 g/mol.